The van der Waals surface area contributed by atoms with E-state index in [9.17, 15) is 0 Å². The minimum atomic E-state index is 0.514. The average Bonchev–Trinajstić information content (AvgIpc) is 1.30. The van der Waals surface area contributed by atoms with Crippen molar-refractivity contribution in [1.82, 2.24) is 16.1 Å². The highest BCUT2D eigenvalue weighted by Gasteiger charge is 2.04. The Morgan fingerprint density at radius 3 is 2.20 bits per heavy atom. The van der Waals surface area contributed by atoms with Gasteiger partial charge in [-0.05, 0) is 0 Å². The number of hydrogen-bond acceptors (Lipinski definition) is 4. The van der Waals surface area contributed by atoms with Crippen LogP contribution in [0.3, 0.4) is 0 Å². The summed E-state index contributed by atoms with van der Waals surface area (Å²) in [7, 11) is 0. The molecule has 0 atom stereocenters. The Bertz CT molecular complexity index is 33.9. The third-order valence-corrected chi connectivity index (χ3v) is 0.437. The summed E-state index contributed by atoms with van der Waals surface area (Å²) < 4.78 is 0. The first-order valence-corrected chi connectivity index (χ1v) is 1.34. The molecule has 0 saturated carbocycles. The van der Waals surface area contributed by atoms with Gasteiger partial charge in [0.25, 0.3) is 0 Å². The second-order valence-corrected chi connectivity index (χ2v) is 0.846. The Hall–Kier alpha value is -0.160. The second kappa shape index (κ2) is 0.908. The van der Waals surface area contributed by atoms with Gasteiger partial charge in [0.15, 0.2) is 0 Å². The zero-order valence-electron chi connectivity index (χ0n) is 2.60. The SMILES string of the molecule is ON1CNN1. The third kappa shape index (κ3) is 0.381. The molecule has 5 heavy (non-hydrogen) atoms. The van der Waals surface area contributed by atoms with E-state index in [4.69, 9.17) is 5.21 Å². The molecule has 30 valence electrons. The average molecular weight is 75.1 g/mol. The van der Waals surface area contributed by atoms with E-state index in [2.05, 4.69) is 11.0 Å². The van der Waals surface area contributed by atoms with Crippen molar-refractivity contribution >= 4 is 0 Å². The molecule has 1 aliphatic rings. The Balaban J connectivity index is 2.08. The van der Waals surface area contributed by atoms with Crippen LogP contribution < -0.4 is 11.0 Å². The van der Waals surface area contributed by atoms with E-state index in [1.807, 2.05) is 0 Å². The zero-order chi connectivity index (χ0) is 3.70. The summed E-state index contributed by atoms with van der Waals surface area (Å²) in [4.78, 5) is 0. The molecule has 0 amide bonds. The summed E-state index contributed by atoms with van der Waals surface area (Å²) in [6.07, 6.45) is 0. The summed E-state index contributed by atoms with van der Waals surface area (Å²) >= 11 is 0. The van der Waals surface area contributed by atoms with Gasteiger partial charge in [-0.3, -0.25) is 5.21 Å². The number of hydrogen-bond donors (Lipinski definition) is 3. The van der Waals surface area contributed by atoms with Gasteiger partial charge in [-0.15, -0.1) is 0 Å². The smallest absolute Gasteiger partial charge is 0.104 e. The summed E-state index contributed by atoms with van der Waals surface area (Å²) in [5.74, 6) is 0. The maximum absolute atomic E-state index is 8.11. The van der Waals surface area contributed by atoms with Crippen LogP contribution >= 0.6 is 0 Å². The minimum Gasteiger partial charge on any atom is -0.297 e. The van der Waals surface area contributed by atoms with Crippen molar-refractivity contribution in [3.8, 4) is 0 Å². The second-order valence-electron chi connectivity index (χ2n) is 0.846. The van der Waals surface area contributed by atoms with E-state index in [1.165, 1.54) is 0 Å². The monoisotopic (exact) mass is 75.0 g/mol. The predicted molar refractivity (Wildman–Crippen MR) is 14.8 cm³/mol. The van der Waals surface area contributed by atoms with Crippen molar-refractivity contribution in [2.24, 2.45) is 0 Å². The van der Waals surface area contributed by atoms with Crippen molar-refractivity contribution < 1.29 is 5.21 Å². The third-order valence-electron chi connectivity index (χ3n) is 0.437. The summed E-state index contributed by atoms with van der Waals surface area (Å²) in [6, 6.07) is 0. The lowest BCUT2D eigenvalue weighted by Crippen LogP contribution is -2.61. The van der Waals surface area contributed by atoms with Gasteiger partial charge in [-0.2, -0.15) is 5.53 Å². The molecule has 3 N–H and O–H groups in total. The van der Waals surface area contributed by atoms with Gasteiger partial charge in [0.05, 0.1) is 0 Å². The van der Waals surface area contributed by atoms with Gasteiger partial charge in [0.2, 0.25) is 0 Å². The fraction of sp³-hybridized carbons (Fsp3) is 1.00. The molecule has 1 rings (SSSR count). The van der Waals surface area contributed by atoms with E-state index >= 15 is 0 Å². The molecule has 1 heterocycles. The van der Waals surface area contributed by atoms with E-state index in [0.29, 0.717) is 6.67 Å². The van der Waals surface area contributed by atoms with Crippen LogP contribution in [-0.4, -0.2) is 17.0 Å². The Morgan fingerprint density at radius 2 is 2.20 bits per heavy atom. The van der Waals surface area contributed by atoms with E-state index < -0.39 is 0 Å². The van der Waals surface area contributed by atoms with Crippen LogP contribution in [0.2, 0.25) is 0 Å². The van der Waals surface area contributed by atoms with Crippen molar-refractivity contribution in [2.75, 3.05) is 6.67 Å². The Morgan fingerprint density at radius 1 is 1.80 bits per heavy atom. The first kappa shape index (κ1) is 3.05. The Labute approximate surface area is 29.3 Å². The molecule has 1 fully saturated rings. The van der Waals surface area contributed by atoms with Gasteiger partial charge >= 0.3 is 0 Å². The predicted octanol–water partition coefficient (Wildman–Crippen LogP) is -1.34. The molecule has 0 aromatic rings. The number of hydroxylamine groups is 1. The van der Waals surface area contributed by atoms with Crippen LogP contribution in [-0.2, 0) is 0 Å². The maximum atomic E-state index is 8.11. The van der Waals surface area contributed by atoms with Crippen molar-refractivity contribution in [3.05, 3.63) is 0 Å². The molecule has 4 heteroatoms. The van der Waals surface area contributed by atoms with Gasteiger partial charge in [-0.1, -0.05) is 5.17 Å². The van der Waals surface area contributed by atoms with Crippen LogP contribution in [0.1, 0.15) is 0 Å². The first-order valence-electron chi connectivity index (χ1n) is 1.34. The number of nitrogens with one attached hydrogen (secondary N) is 2. The van der Waals surface area contributed by atoms with Crippen molar-refractivity contribution in [3.63, 3.8) is 0 Å². The van der Waals surface area contributed by atoms with Crippen LogP contribution in [0.25, 0.3) is 0 Å². The van der Waals surface area contributed by atoms with Gasteiger partial charge in [0.1, 0.15) is 6.67 Å². The van der Waals surface area contributed by atoms with Crippen molar-refractivity contribution in [2.45, 2.75) is 0 Å². The molecular formula is CH5N3O. The molecule has 0 aliphatic carbocycles. The fourth-order valence-corrected chi connectivity index (χ4v) is 0.150. The molecule has 4 nitrogen and oxygen atoms in total. The molecule has 0 unspecified atom stereocenters. The number of nitrogens with zero attached hydrogens (tertiary/aromatic N) is 1. The lowest BCUT2D eigenvalue weighted by Gasteiger charge is -2.25. The molecule has 0 aromatic carbocycles. The van der Waals surface area contributed by atoms with Crippen molar-refractivity contribution in [1.29, 1.82) is 0 Å². The van der Waals surface area contributed by atoms with Gasteiger partial charge in [0, 0.05) is 0 Å². The fourth-order valence-electron chi connectivity index (χ4n) is 0.150. The van der Waals surface area contributed by atoms with E-state index in [1.54, 1.807) is 0 Å². The molecule has 1 aliphatic heterocycles. The molecule has 1 saturated heterocycles. The highest BCUT2D eigenvalue weighted by molar-refractivity contribution is 4.34. The highest BCUT2D eigenvalue weighted by Crippen LogP contribution is 1.71. The standard InChI is InChI=1S/CH5N3O/c5-4-1-2-3-4/h2-3,5H,1H2. The van der Waals surface area contributed by atoms with Gasteiger partial charge in [-0.25, -0.2) is 5.43 Å². The molecule has 0 aromatic heterocycles. The first-order chi connectivity index (χ1) is 2.39. The maximum Gasteiger partial charge on any atom is 0.104 e. The zero-order valence-corrected chi connectivity index (χ0v) is 2.60. The number of hydrazine groups is 2. The lowest BCUT2D eigenvalue weighted by molar-refractivity contribution is -0.219. The highest BCUT2D eigenvalue weighted by atomic mass is 16.6. The number of rotatable bonds is 0. The van der Waals surface area contributed by atoms with Crippen LogP contribution in [0.4, 0.5) is 0 Å². The quantitative estimate of drug-likeness (QED) is 0.333. The molecule has 0 bridgehead atoms. The minimum absolute atomic E-state index is 0.514. The summed E-state index contributed by atoms with van der Waals surface area (Å²) in [6.45, 7) is 0.514. The lowest BCUT2D eigenvalue weighted by atomic mass is 11.1. The molecule has 0 spiro atoms. The Kier molecular flexibility index (Phi) is 0.553. The summed E-state index contributed by atoms with van der Waals surface area (Å²) in [5.41, 5.74) is 4.93. The van der Waals surface area contributed by atoms with E-state index in [-0.39, 0.29) is 0 Å². The normalized spacial score (nSPS) is 25.8. The van der Waals surface area contributed by atoms with Gasteiger partial charge < -0.3 is 0 Å². The van der Waals surface area contributed by atoms with Crippen LogP contribution in [0.5, 0.6) is 0 Å². The summed E-state index contributed by atoms with van der Waals surface area (Å²) in [5, 5.41) is 9.05. The van der Waals surface area contributed by atoms with Crippen LogP contribution in [0, 0.1) is 0 Å². The topological polar surface area (TPSA) is 47.5 Å². The van der Waals surface area contributed by atoms with Crippen LogP contribution in [0.15, 0.2) is 0 Å². The largest absolute Gasteiger partial charge is 0.297 e. The van der Waals surface area contributed by atoms with E-state index in [0.717, 1.165) is 5.17 Å². The molecular weight excluding hydrogens is 70.0 g/mol. The molecule has 0 radical (unpaired) electrons.